The summed E-state index contributed by atoms with van der Waals surface area (Å²) in [6.07, 6.45) is 5.06. The second kappa shape index (κ2) is 14.4. The van der Waals surface area contributed by atoms with Gasteiger partial charge >= 0.3 is 0 Å². The summed E-state index contributed by atoms with van der Waals surface area (Å²) in [5.74, 6) is -0.466. The molecule has 2 N–H and O–H groups in total. The molecule has 3 fully saturated rings. The van der Waals surface area contributed by atoms with E-state index in [1.54, 1.807) is 15.7 Å². The van der Waals surface area contributed by atoms with Gasteiger partial charge in [-0.05, 0) is 50.6 Å². The van der Waals surface area contributed by atoms with E-state index in [1.165, 1.54) is 18.9 Å². The van der Waals surface area contributed by atoms with E-state index >= 15 is 4.39 Å². The zero-order chi connectivity index (χ0) is 35.3. The number of morpholine rings is 1. The molecule has 0 radical (unpaired) electrons. The molecule has 0 bridgehead atoms. The Morgan fingerprint density at radius 3 is 2.57 bits per heavy atom. The number of likely N-dealkylation sites (tertiary alicyclic amines) is 1. The Morgan fingerprint density at radius 1 is 0.925 bits per heavy atom. The van der Waals surface area contributed by atoms with Crippen molar-refractivity contribution in [1.29, 1.82) is 0 Å². The van der Waals surface area contributed by atoms with Gasteiger partial charge in [-0.25, -0.2) is 4.39 Å². The van der Waals surface area contributed by atoms with Gasteiger partial charge in [0, 0.05) is 81.3 Å². The lowest BCUT2D eigenvalue weighted by molar-refractivity contribution is -0.121. The number of pyridine rings is 1. The van der Waals surface area contributed by atoms with Gasteiger partial charge in [0.15, 0.2) is 17.3 Å². The van der Waals surface area contributed by atoms with Crippen LogP contribution in [0.25, 0.3) is 38.5 Å². The number of anilines is 1. The highest BCUT2D eigenvalue weighted by Gasteiger charge is 2.35. The van der Waals surface area contributed by atoms with Crippen molar-refractivity contribution in [3.05, 3.63) is 70.3 Å². The lowest BCUT2D eigenvalue weighted by atomic mass is 10.0. The van der Waals surface area contributed by atoms with Crippen molar-refractivity contribution in [2.24, 2.45) is 0 Å². The standard InChI is InChI=1S/C39H41FN6O6.CH4/c40-29-19-27-35-38(36(29)45-13-8-24(22-45)42-34(47)7-9-41-10-14-43-11-3-4-12-43)52-33-20-26-25-5-1-2-6-31(25)51-32(26)21-30(33)46(35)23-28(37(27)48)39(49)44-15-17-50-18-16-44;/h1-2,5-6,19-21,23-24,41H,3-4,7-18,22H2,(H,42,47);1H4/t24-;/m1./s1. The molecule has 13 heteroatoms. The van der Waals surface area contributed by atoms with Gasteiger partial charge in [0.25, 0.3) is 5.91 Å². The molecule has 1 atom stereocenters. The maximum atomic E-state index is 16.5. The molecular formula is C40H45FN6O6. The fourth-order valence-corrected chi connectivity index (χ4v) is 8.16. The second-order valence-corrected chi connectivity index (χ2v) is 14.1. The van der Waals surface area contributed by atoms with Crippen LogP contribution in [0.5, 0.6) is 11.5 Å². The van der Waals surface area contributed by atoms with Gasteiger partial charge in [0.1, 0.15) is 27.9 Å². The van der Waals surface area contributed by atoms with Crippen molar-refractivity contribution < 1.29 is 27.9 Å². The number of hydrogen-bond acceptors (Lipinski definition) is 9. The lowest BCUT2D eigenvalue weighted by Gasteiger charge is -2.30. The SMILES string of the molecule is C.O=C(CCNCCN1CCCC1)N[C@@H]1CCN(c2c(F)cc3c(=O)c(C(=O)N4CCOCC4)cn4c3c2Oc2cc3c(cc2-4)oc2ccccc23)C1. The Bertz CT molecular complexity index is 2270. The summed E-state index contributed by atoms with van der Waals surface area (Å²) in [6, 6.07) is 12.4. The number of rotatable bonds is 9. The van der Waals surface area contributed by atoms with Gasteiger partial charge in [-0.15, -0.1) is 0 Å². The molecule has 9 rings (SSSR count). The maximum absolute atomic E-state index is 16.5. The molecule has 2 amide bonds. The van der Waals surface area contributed by atoms with E-state index in [9.17, 15) is 14.4 Å². The van der Waals surface area contributed by atoms with E-state index in [4.69, 9.17) is 13.9 Å². The van der Waals surface area contributed by atoms with Gasteiger partial charge in [-0.2, -0.15) is 0 Å². The lowest BCUT2D eigenvalue weighted by Crippen LogP contribution is -2.42. The Morgan fingerprint density at radius 2 is 1.74 bits per heavy atom. The average molecular weight is 725 g/mol. The van der Waals surface area contributed by atoms with Crippen molar-refractivity contribution in [2.45, 2.75) is 39.2 Å². The number of nitrogens with one attached hydrogen (secondary N) is 2. The number of ether oxygens (including phenoxy) is 2. The van der Waals surface area contributed by atoms with E-state index in [-0.39, 0.29) is 41.8 Å². The number of carbonyl (C=O) groups excluding carboxylic acids is 2. The number of halogens is 1. The first-order valence-electron chi connectivity index (χ1n) is 18.3. The van der Waals surface area contributed by atoms with Gasteiger partial charge in [-0.1, -0.05) is 25.6 Å². The highest BCUT2D eigenvalue weighted by Crippen LogP contribution is 2.49. The molecular weight excluding hydrogens is 679 g/mol. The van der Waals surface area contributed by atoms with Crippen LogP contribution in [0.1, 0.15) is 43.5 Å². The molecule has 0 unspecified atom stereocenters. The van der Waals surface area contributed by atoms with Gasteiger partial charge in [-0.3, -0.25) is 14.4 Å². The minimum Gasteiger partial charge on any atom is -0.456 e. The third-order valence-corrected chi connectivity index (χ3v) is 10.8. The minimum atomic E-state index is -0.630. The highest BCUT2D eigenvalue weighted by atomic mass is 19.1. The summed E-state index contributed by atoms with van der Waals surface area (Å²) in [6.45, 7) is 7.07. The Hall–Kier alpha value is -4.98. The van der Waals surface area contributed by atoms with E-state index in [1.807, 2.05) is 41.3 Å². The number of carbonyl (C=O) groups is 2. The fourth-order valence-electron chi connectivity index (χ4n) is 8.16. The van der Waals surface area contributed by atoms with Crippen molar-refractivity contribution in [3.63, 3.8) is 0 Å². The molecule has 4 aliphatic rings. The first kappa shape index (κ1) is 35.1. The number of nitrogens with zero attached hydrogens (tertiary/aromatic N) is 4. The molecule has 2 aromatic heterocycles. The molecule has 4 aliphatic heterocycles. The van der Waals surface area contributed by atoms with Crippen LogP contribution in [0.2, 0.25) is 0 Å². The number of hydrogen-bond donors (Lipinski definition) is 2. The average Bonchev–Trinajstić information content (AvgIpc) is 3.92. The zero-order valence-corrected chi connectivity index (χ0v) is 28.9. The molecule has 3 saturated heterocycles. The van der Waals surface area contributed by atoms with Crippen LogP contribution < -0.4 is 25.7 Å². The van der Waals surface area contributed by atoms with Crippen LogP contribution >= 0.6 is 0 Å². The Balaban J connectivity index is 0.00000400. The molecule has 0 spiro atoms. The first-order chi connectivity index (χ1) is 25.4. The van der Waals surface area contributed by atoms with Gasteiger partial charge in [0.05, 0.1) is 24.3 Å². The van der Waals surface area contributed by atoms with Crippen molar-refractivity contribution in [3.8, 4) is 17.2 Å². The number of para-hydroxylation sites is 1. The van der Waals surface area contributed by atoms with Crippen LogP contribution in [-0.4, -0.2) is 104 Å². The topological polar surface area (TPSA) is 122 Å². The van der Waals surface area contributed by atoms with Crippen molar-refractivity contribution >= 4 is 50.3 Å². The van der Waals surface area contributed by atoms with Crippen molar-refractivity contribution in [1.82, 2.24) is 25.0 Å². The van der Waals surface area contributed by atoms with Crippen LogP contribution in [0.4, 0.5) is 10.1 Å². The van der Waals surface area contributed by atoms with Crippen LogP contribution in [0, 0.1) is 5.82 Å². The fraction of sp³-hybridized carbons (Fsp3) is 0.425. The summed E-state index contributed by atoms with van der Waals surface area (Å²) in [4.78, 5) is 46.6. The van der Waals surface area contributed by atoms with Crippen LogP contribution in [0.3, 0.4) is 0 Å². The van der Waals surface area contributed by atoms with E-state index in [0.717, 1.165) is 37.0 Å². The number of furan rings is 1. The summed E-state index contributed by atoms with van der Waals surface area (Å²) in [7, 11) is 0. The van der Waals surface area contributed by atoms with E-state index < -0.39 is 17.2 Å². The largest absolute Gasteiger partial charge is 0.456 e. The predicted molar refractivity (Wildman–Crippen MR) is 202 cm³/mol. The number of aromatic nitrogens is 1. The molecule has 0 saturated carbocycles. The summed E-state index contributed by atoms with van der Waals surface area (Å²) in [5, 5.41) is 8.28. The Labute approximate surface area is 306 Å². The number of fused-ring (bicyclic) bond motifs is 5. The Kier molecular flexibility index (Phi) is 9.56. The van der Waals surface area contributed by atoms with Gasteiger partial charge < -0.3 is 43.8 Å². The first-order valence-corrected chi connectivity index (χ1v) is 18.3. The molecule has 3 aromatic carbocycles. The van der Waals surface area contributed by atoms with Crippen LogP contribution in [0.15, 0.2) is 57.9 Å². The third-order valence-electron chi connectivity index (χ3n) is 10.8. The molecule has 53 heavy (non-hydrogen) atoms. The van der Waals surface area contributed by atoms with Crippen LogP contribution in [-0.2, 0) is 9.53 Å². The minimum absolute atomic E-state index is 0. The molecule has 0 aliphatic carbocycles. The zero-order valence-electron chi connectivity index (χ0n) is 28.9. The summed E-state index contributed by atoms with van der Waals surface area (Å²) >= 11 is 0. The summed E-state index contributed by atoms with van der Waals surface area (Å²) in [5.41, 5.74) is 1.86. The molecule has 12 nitrogen and oxygen atoms in total. The maximum Gasteiger partial charge on any atom is 0.259 e. The number of benzene rings is 3. The second-order valence-electron chi connectivity index (χ2n) is 14.1. The quantitative estimate of drug-likeness (QED) is 0.198. The summed E-state index contributed by atoms with van der Waals surface area (Å²) < 4.78 is 36.5. The predicted octanol–water partition coefficient (Wildman–Crippen LogP) is 5.01. The molecule has 5 aromatic rings. The van der Waals surface area contributed by atoms with Gasteiger partial charge in [0.2, 0.25) is 11.3 Å². The van der Waals surface area contributed by atoms with Crippen molar-refractivity contribution in [2.75, 3.05) is 77.0 Å². The van der Waals surface area contributed by atoms with E-state index in [0.29, 0.717) is 86.9 Å². The van der Waals surface area contributed by atoms with E-state index in [2.05, 4.69) is 15.5 Å². The molecule has 278 valence electrons. The normalized spacial score (nSPS) is 18.4. The smallest absolute Gasteiger partial charge is 0.259 e. The monoisotopic (exact) mass is 724 g/mol. The highest BCUT2D eigenvalue weighted by molar-refractivity contribution is 6.07. The third kappa shape index (κ3) is 6.40. The molecule has 6 heterocycles. The number of amides is 2.